The number of hydrogen-bond acceptors (Lipinski definition) is 7. The molecule has 0 saturated carbocycles. The zero-order valence-corrected chi connectivity index (χ0v) is 12.7. The molecular weight excluding hydrogens is 302 g/mol. The Morgan fingerprint density at radius 3 is 2.61 bits per heavy atom. The summed E-state index contributed by atoms with van der Waals surface area (Å²) in [6, 6.07) is 0. The average molecular weight is 315 g/mol. The molecule has 1 aromatic rings. The molecule has 3 rings (SSSR count). The molecule has 0 N–H and O–H groups in total. The van der Waals surface area contributed by atoms with Crippen LogP contribution in [0.3, 0.4) is 0 Å². The van der Waals surface area contributed by atoms with Gasteiger partial charge in [0.2, 0.25) is 11.5 Å². The van der Waals surface area contributed by atoms with Crippen molar-refractivity contribution in [3.8, 4) is 23.0 Å². The first kappa shape index (κ1) is 14.8. The van der Waals surface area contributed by atoms with E-state index in [-0.39, 0.29) is 23.0 Å². The maximum Gasteiger partial charge on any atom is 0.379 e. The van der Waals surface area contributed by atoms with E-state index in [4.69, 9.17) is 0 Å². The highest BCUT2D eigenvalue weighted by molar-refractivity contribution is 5.52. The number of aromatic nitrogens is 7. The summed E-state index contributed by atoms with van der Waals surface area (Å²) in [6.07, 6.45) is 2.93. The van der Waals surface area contributed by atoms with Gasteiger partial charge >= 0.3 is 17.1 Å². The molecule has 118 valence electrons. The average Bonchev–Trinajstić information content (AvgIpc) is 2.54. The summed E-state index contributed by atoms with van der Waals surface area (Å²) in [6.45, 7) is 3.77. The van der Waals surface area contributed by atoms with Crippen molar-refractivity contribution >= 4 is 0 Å². The van der Waals surface area contributed by atoms with Crippen molar-refractivity contribution < 1.29 is 4.73 Å². The van der Waals surface area contributed by atoms with Gasteiger partial charge < -0.3 is 5.21 Å². The Hall–Kier alpha value is -3.17. The van der Waals surface area contributed by atoms with E-state index in [1.165, 1.54) is 24.1 Å². The van der Waals surface area contributed by atoms with Crippen LogP contribution in [0.5, 0.6) is 0 Å². The fourth-order valence-corrected chi connectivity index (χ4v) is 2.22. The Morgan fingerprint density at radius 1 is 1.26 bits per heavy atom. The van der Waals surface area contributed by atoms with Gasteiger partial charge in [0.25, 0.3) is 0 Å². The summed E-state index contributed by atoms with van der Waals surface area (Å²) in [5.74, 6) is -0.122. The van der Waals surface area contributed by atoms with Crippen molar-refractivity contribution in [1.29, 1.82) is 0 Å². The molecule has 0 unspecified atom stereocenters. The molecule has 1 aromatic heterocycles. The molecule has 23 heavy (non-hydrogen) atoms. The van der Waals surface area contributed by atoms with Gasteiger partial charge in [-0.3, -0.25) is 14.3 Å². The Balaban J connectivity index is 2.50. The largest absolute Gasteiger partial charge is 0.710 e. The Kier molecular flexibility index (Phi) is 3.36. The summed E-state index contributed by atoms with van der Waals surface area (Å²) in [5, 5.41) is 16.8. The summed E-state index contributed by atoms with van der Waals surface area (Å²) in [7, 11) is 1.26. The van der Waals surface area contributed by atoms with Crippen molar-refractivity contribution in [1.82, 2.24) is 29.3 Å². The molecular formula is C13H13N7O3. The highest BCUT2D eigenvalue weighted by atomic mass is 16.5. The minimum absolute atomic E-state index is 0.0547. The van der Waals surface area contributed by atoms with E-state index < -0.39 is 11.2 Å². The quantitative estimate of drug-likeness (QED) is 0.432. The lowest BCUT2D eigenvalue weighted by Crippen LogP contribution is -2.47. The van der Waals surface area contributed by atoms with Crippen molar-refractivity contribution in [3.63, 3.8) is 0 Å². The molecule has 10 nitrogen and oxygen atoms in total. The fourth-order valence-electron chi connectivity index (χ4n) is 2.22. The van der Waals surface area contributed by atoms with Crippen LogP contribution in [0.25, 0.3) is 23.0 Å². The molecule has 0 radical (unpaired) electrons. The second-order valence-electron chi connectivity index (χ2n) is 4.85. The van der Waals surface area contributed by atoms with E-state index in [0.29, 0.717) is 17.0 Å². The Morgan fingerprint density at radius 2 is 1.96 bits per heavy atom. The van der Waals surface area contributed by atoms with E-state index >= 15 is 0 Å². The van der Waals surface area contributed by atoms with Crippen LogP contribution in [0.1, 0.15) is 12.6 Å². The lowest BCUT2D eigenvalue weighted by Gasteiger charge is -2.15. The van der Waals surface area contributed by atoms with Crippen LogP contribution in [0.15, 0.2) is 22.0 Å². The monoisotopic (exact) mass is 315 g/mol. The SMILES string of the molecule is CCn1nc(-c2nccnc2C)[n+]([O-])c2c(=O)n(C)c(=O)nc1-2. The first-order valence-corrected chi connectivity index (χ1v) is 6.85. The van der Waals surface area contributed by atoms with Gasteiger partial charge in [0.1, 0.15) is 0 Å². The van der Waals surface area contributed by atoms with Crippen LogP contribution in [0.2, 0.25) is 0 Å². The predicted octanol–water partition coefficient (Wildman–Crippen LogP) is -1.14. The van der Waals surface area contributed by atoms with Gasteiger partial charge in [0.15, 0.2) is 5.69 Å². The van der Waals surface area contributed by atoms with E-state index in [1.807, 2.05) is 0 Å². The van der Waals surface area contributed by atoms with Crippen molar-refractivity contribution in [2.45, 2.75) is 20.4 Å². The molecule has 10 heteroatoms. The summed E-state index contributed by atoms with van der Waals surface area (Å²) in [4.78, 5) is 36.0. The van der Waals surface area contributed by atoms with Gasteiger partial charge in [-0.2, -0.15) is 9.67 Å². The normalized spacial score (nSPS) is 11.1. The molecule has 0 aromatic carbocycles. The highest BCUT2D eigenvalue weighted by Crippen LogP contribution is 2.16. The molecule has 0 aliphatic carbocycles. The Labute approximate surface area is 129 Å². The van der Waals surface area contributed by atoms with Crippen LogP contribution in [-0.2, 0) is 13.6 Å². The zero-order chi connectivity index (χ0) is 16.7. The predicted molar refractivity (Wildman–Crippen MR) is 78.6 cm³/mol. The van der Waals surface area contributed by atoms with Crippen molar-refractivity contribution in [2.75, 3.05) is 0 Å². The molecule has 0 saturated heterocycles. The molecule has 0 amide bonds. The van der Waals surface area contributed by atoms with Gasteiger partial charge in [0, 0.05) is 19.4 Å². The Bertz CT molecular complexity index is 992. The number of fused-ring (bicyclic) bond motifs is 1. The molecule has 2 aliphatic heterocycles. The first-order chi connectivity index (χ1) is 11.0. The minimum atomic E-state index is -0.741. The van der Waals surface area contributed by atoms with E-state index in [1.54, 1.807) is 13.8 Å². The van der Waals surface area contributed by atoms with E-state index in [2.05, 4.69) is 20.1 Å². The summed E-state index contributed by atoms with van der Waals surface area (Å²) >= 11 is 0. The molecule has 3 heterocycles. The fraction of sp³-hybridized carbons (Fsp3) is 0.308. The molecule has 0 spiro atoms. The van der Waals surface area contributed by atoms with E-state index in [0.717, 1.165) is 4.57 Å². The minimum Gasteiger partial charge on any atom is -0.710 e. The topological polar surface area (TPSA) is 123 Å². The van der Waals surface area contributed by atoms with Crippen LogP contribution >= 0.6 is 0 Å². The maximum absolute atomic E-state index is 12.7. The third kappa shape index (κ3) is 2.15. The highest BCUT2D eigenvalue weighted by Gasteiger charge is 2.30. The third-order valence-corrected chi connectivity index (χ3v) is 3.46. The van der Waals surface area contributed by atoms with E-state index in [9.17, 15) is 14.8 Å². The molecule has 0 atom stereocenters. The second kappa shape index (κ2) is 5.23. The lowest BCUT2D eigenvalue weighted by molar-refractivity contribution is -0.587. The summed E-state index contributed by atoms with van der Waals surface area (Å²) in [5.41, 5.74) is -0.974. The zero-order valence-electron chi connectivity index (χ0n) is 12.7. The molecule has 2 aliphatic rings. The summed E-state index contributed by atoms with van der Waals surface area (Å²) < 4.78 is 2.47. The van der Waals surface area contributed by atoms with Gasteiger partial charge in [-0.05, 0) is 13.8 Å². The number of hydrogen-bond donors (Lipinski definition) is 0. The van der Waals surface area contributed by atoms with Gasteiger partial charge in [-0.25, -0.2) is 14.5 Å². The van der Waals surface area contributed by atoms with Crippen molar-refractivity contribution in [3.05, 3.63) is 44.1 Å². The lowest BCUT2D eigenvalue weighted by atomic mass is 10.3. The standard InChI is InChI=1S/C13H13N7O3/c1-4-19-11-9(12(21)18(3)13(22)16-11)20(23)10(17-19)8-7(2)14-5-6-15-8/h5-6H,4H2,1-3H3. The third-order valence-electron chi connectivity index (χ3n) is 3.46. The van der Waals surface area contributed by atoms with Crippen LogP contribution in [-0.4, -0.2) is 29.3 Å². The van der Waals surface area contributed by atoms with Gasteiger partial charge in [0.05, 0.1) is 17.3 Å². The van der Waals surface area contributed by atoms with Crippen LogP contribution < -0.4 is 16.0 Å². The molecule has 0 bridgehead atoms. The smallest absolute Gasteiger partial charge is 0.379 e. The van der Waals surface area contributed by atoms with Gasteiger partial charge in [-0.15, -0.1) is 0 Å². The van der Waals surface area contributed by atoms with Crippen molar-refractivity contribution in [2.24, 2.45) is 7.05 Å². The number of nitrogens with zero attached hydrogens (tertiary/aromatic N) is 7. The first-order valence-electron chi connectivity index (χ1n) is 6.85. The molecule has 0 fully saturated rings. The van der Waals surface area contributed by atoms with Gasteiger partial charge in [-0.1, -0.05) is 0 Å². The van der Waals surface area contributed by atoms with Crippen LogP contribution in [0.4, 0.5) is 0 Å². The second-order valence-corrected chi connectivity index (χ2v) is 4.85. The number of aryl methyl sites for hydroxylation is 2. The number of rotatable bonds is 2. The van der Waals surface area contributed by atoms with Crippen LogP contribution in [0, 0.1) is 12.1 Å². The maximum atomic E-state index is 12.7.